The van der Waals surface area contributed by atoms with Gasteiger partial charge in [0.15, 0.2) is 0 Å². The van der Waals surface area contributed by atoms with Crippen LogP contribution in [-0.4, -0.2) is 17.6 Å². The van der Waals surface area contributed by atoms with Crippen molar-refractivity contribution < 1.29 is 4.74 Å². The first-order valence-corrected chi connectivity index (χ1v) is 5.20. The molecule has 0 atom stereocenters. The minimum absolute atomic E-state index is 0.124. The summed E-state index contributed by atoms with van der Waals surface area (Å²) in [6.07, 6.45) is 0. The molecule has 0 aromatic carbocycles. The van der Waals surface area contributed by atoms with Gasteiger partial charge < -0.3 is 10.1 Å². The van der Waals surface area contributed by atoms with E-state index >= 15 is 0 Å². The molecule has 0 aliphatic heterocycles. The van der Waals surface area contributed by atoms with E-state index in [2.05, 4.69) is 31.1 Å². The van der Waals surface area contributed by atoms with Crippen LogP contribution in [0.1, 0.15) is 32.2 Å². The number of nitrogens with one attached hydrogen (secondary N) is 1. The van der Waals surface area contributed by atoms with Crippen LogP contribution in [0.5, 0.6) is 0 Å². The van der Waals surface area contributed by atoms with Gasteiger partial charge in [-0.1, -0.05) is 6.07 Å². The summed E-state index contributed by atoms with van der Waals surface area (Å²) < 4.78 is 5.05. The fourth-order valence-electron chi connectivity index (χ4n) is 1.21. The van der Waals surface area contributed by atoms with Gasteiger partial charge in [-0.3, -0.25) is 4.98 Å². The Morgan fingerprint density at radius 1 is 1.27 bits per heavy atom. The summed E-state index contributed by atoms with van der Waals surface area (Å²) in [7, 11) is 1.68. The first kappa shape index (κ1) is 12.1. The molecule has 1 heterocycles. The van der Waals surface area contributed by atoms with Crippen molar-refractivity contribution in [2.24, 2.45) is 0 Å². The lowest BCUT2D eigenvalue weighted by Crippen LogP contribution is -2.35. The Balaban J connectivity index is 2.57. The van der Waals surface area contributed by atoms with Gasteiger partial charge in [0.25, 0.3) is 0 Å². The second kappa shape index (κ2) is 5.24. The monoisotopic (exact) mass is 208 g/mol. The molecular weight excluding hydrogens is 188 g/mol. The number of nitrogens with zero attached hydrogens (tertiary/aromatic N) is 1. The fraction of sp³-hybridized carbons (Fsp3) is 0.583. The topological polar surface area (TPSA) is 34.1 Å². The van der Waals surface area contributed by atoms with Crippen LogP contribution in [0, 0.1) is 0 Å². The molecule has 0 saturated heterocycles. The van der Waals surface area contributed by atoms with E-state index in [-0.39, 0.29) is 5.54 Å². The summed E-state index contributed by atoms with van der Waals surface area (Å²) in [4.78, 5) is 4.48. The number of pyridine rings is 1. The van der Waals surface area contributed by atoms with Crippen molar-refractivity contribution in [2.45, 2.75) is 39.5 Å². The lowest BCUT2D eigenvalue weighted by atomic mass is 10.1. The van der Waals surface area contributed by atoms with Crippen molar-refractivity contribution in [3.8, 4) is 0 Å². The highest BCUT2D eigenvalue weighted by Crippen LogP contribution is 2.04. The van der Waals surface area contributed by atoms with Crippen LogP contribution in [0.4, 0.5) is 0 Å². The van der Waals surface area contributed by atoms with Crippen LogP contribution in [0.25, 0.3) is 0 Å². The highest BCUT2D eigenvalue weighted by Gasteiger charge is 2.08. The number of ether oxygens (including phenoxy) is 1. The largest absolute Gasteiger partial charge is 0.378 e. The number of hydrogen-bond acceptors (Lipinski definition) is 3. The smallest absolute Gasteiger partial charge is 0.0884 e. The maximum Gasteiger partial charge on any atom is 0.0884 e. The number of methoxy groups -OCH3 is 1. The summed E-state index contributed by atoms with van der Waals surface area (Å²) in [6, 6.07) is 6.02. The molecule has 0 aliphatic carbocycles. The minimum Gasteiger partial charge on any atom is -0.378 e. The van der Waals surface area contributed by atoms with Gasteiger partial charge in [-0.2, -0.15) is 0 Å². The number of hydrogen-bond donors (Lipinski definition) is 1. The van der Waals surface area contributed by atoms with Crippen molar-refractivity contribution in [2.75, 3.05) is 7.11 Å². The zero-order chi connectivity index (χ0) is 11.3. The van der Waals surface area contributed by atoms with Crippen LogP contribution in [0.15, 0.2) is 18.2 Å². The molecule has 0 aliphatic rings. The average molecular weight is 208 g/mol. The summed E-state index contributed by atoms with van der Waals surface area (Å²) in [5.41, 5.74) is 2.16. The molecule has 0 bridgehead atoms. The zero-order valence-corrected chi connectivity index (χ0v) is 10.0. The molecule has 3 heteroatoms. The van der Waals surface area contributed by atoms with Gasteiger partial charge in [0.2, 0.25) is 0 Å². The van der Waals surface area contributed by atoms with Gasteiger partial charge in [0.05, 0.1) is 18.0 Å². The summed E-state index contributed by atoms with van der Waals surface area (Å²) in [5.74, 6) is 0. The van der Waals surface area contributed by atoms with Crippen molar-refractivity contribution in [1.82, 2.24) is 10.3 Å². The fourth-order valence-corrected chi connectivity index (χ4v) is 1.21. The summed E-state index contributed by atoms with van der Waals surface area (Å²) in [5, 5.41) is 3.40. The van der Waals surface area contributed by atoms with Crippen LogP contribution in [0.3, 0.4) is 0 Å². The van der Waals surface area contributed by atoms with E-state index in [4.69, 9.17) is 4.74 Å². The Morgan fingerprint density at radius 3 is 2.53 bits per heavy atom. The predicted molar refractivity (Wildman–Crippen MR) is 61.5 cm³/mol. The van der Waals surface area contributed by atoms with Crippen LogP contribution in [-0.2, 0) is 17.9 Å². The lowest BCUT2D eigenvalue weighted by molar-refractivity contribution is 0.181. The van der Waals surface area contributed by atoms with E-state index in [0.717, 1.165) is 17.9 Å². The van der Waals surface area contributed by atoms with Gasteiger partial charge in [0, 0.05) is 19.2 Å². The van der Waals surface area contributed by atoms with Gasteiger partial charge in [-0.25, -0.2) is 0 Å². The maximum atomic E-state index is 5.05. The Kier molecular flexibility index (Phi) is 4.24. The molecule has 0 saturated carbocycles. The molecule has 1 rings (SSSR count). The Bertz CT molecular complexity index is 305. The van der Waals surface area contributed by atoms with Crippen LogP contribution in [0.2, 0.25) is 0 Å². The van der Waals surface area contributed by atoms with Crippen molar-refractivity contribution >= 4 is 0 Å². The Hall–Kier alpha value is -0.930. The summed E-state index contributed by atoms with van der Waals surface area (Å²) in [6.45, 7) is 7.80. The van der Waals surface area contributed by atoms with Crippen molar-refractivity contribution in [3.05, 3.63) is 29.6 Å². The molecule has 84 valence electrons. The second-order valence-corrected chi connectivity index (χ2v) is 4.66. The van der Waals surface area contributed by atoms with E-state index < -0.39 is 0 Å². The van der Waals surface area contributed by atoms with E-state index in [1.807, 2.05) is 18.2 Å². The molecule has 1 N–H and O–H groups in total. The first-order chi connectivity index (χ1) is 7.01. The second-order valence-electron chi connectivity index (χ2n) is 4.66. The third-order valence-corrected chi connectivity index (χ3v) is 1.96. The minimum atomic E-state index is 0.124. The Morgan fingerprint density at radius 2 is 1.93 bits per heavy atom. The SMILES string of the molecule is COCc1cccc(CNC(C)(C)C)n1. The molecule has 3 nitrogen and oxygen atoms in total. The predicted octanol–water partition coefficient (Wildman–Crippen LogP) is 2.12. The van der Waals surface area contributed by atoms with E-state index in [1.165, 1.54) is 0 Å². The Labute approximate surface area is 91.9 Å². The quantitative estimate of drug-likeness (QED) is 0.823. The van der Waals surface area contributed by atoms with E-state index in [9.17, 15) is 0 Å². The average Bonchev–Trinajstić information content (AvgIpc) is 2.15. The lowest BCUT2D eigenvalue weighted by Gasteiger charge is -2.20. The maximum absolute atomic E-state index is 5.05. The van der Waals surface area contributed by atoms with Gasteiger partial charge in [-0.05, 0) is 32.9 Å². The van der Waals surface area contributed by atoms with E-state index in [1.54, 1.807) is 7.11 Å². The van der Waals surface area contributed by atoms with Crippen LogP contribution >= 0.6 is 0 Å². The molecule has 0 unspecified atom stereocenters. The first-order valence-electron chi connectivity index (χ1n) is 5.20. The number of aromatic nitrogens is 1. The highest BCUT2D eigenvalue weighted by atomic mass is 16.5. The third-order valence-electron chi connectivity index (χ3n) is 1.96. The molecule has 0 fully saturated rings. The molecule has 15 heavy (non-hydrogen) atoms. The molecule has 0 amide bonds. The molecule has 0 spiro atoms. The van der Waals surface area contributed by atoms with Crippen molar-refractivity contribution in [1.29, 1.82) is 0 Å². The normalized spacial score (nSPS) is 11.7. The van der Waals surface area contributed by atoms with Gasteiger partial charge >= 0.3 is 0 Å². The molecule has 1 aromatic heterocycles. The van der Waals surface area contributed by atoms with Crippen molar-refractivity contribution in [3.63, 3.8) is 0 Å². The molecule has 1 aromatic rings. The van der Waals surface area contributed by atoms with Crippen LogP contribution < -0.4 is 5.32 Å². The highest BCUT2D eigenvalue weighted by molar-refractivity contribution is 5.10. The van der Waals surface area contributed by atoms with E-state index in [0.29, 0.717) is 6.61 Å². The van der Waals surface area contributed by atoms with Gasteiger partial charge in [-0.15, -0.1) is 0 Å². The molecule has 0 radical (unpaired) electrons. The summed E-state index contributed by atoms with van der Waals surface area (Å²) >= 11 is 0. The van der Waals surface area contributed by atoms with Gasteiger partial charge in [0.1, 0.15) is 0 Å². The zero-order valence-electron chi connectivity index (χ0n) is 10.0. The number of rotatable bonds is 4. The molecular formula is C12H20N2O. The standard InChI is InChI=1S/C12H20N2O/c1-12(2,3)13-8-10-6-5-7-11(14-10)9-15-4/h5-7,13H,8-9H2,1-4H3. The third kappa shape index (κ3) is 4.91.